The van der Waals surface area contributed by atoms with E-state index in [2.05, 4.69) is 280 Å². The lowest BCUT2D eigenvalue weighted by atomic mass is 9.67. The summed E-state index contributed by atoms with van der Waals surface area (Å²) in [5.74, 6) is 0. The minimum atomic E-state index is -0.529. The van der Waals surface area contributed by atoms with Gasteiger partial charge in [-0.1, -0.05) is 244 Å². The molecule has 2 aliphatic rings. The Balaban J connectivity index is 1.02. The highest BCUT2D eigenvalue weighted by Crippen LogP contribution is 2.58. The van der Waals surface area contributed by atoms with Crippen LogP contribution in [0.4, 0.5) is 17.1 Å². The predicted octanol–water partition coefficient (Wildman–Crippen LogP) is 18.0. The van der Waals surface area contributed by atoms with E-state index < -0.39 is 5.41 Å². The zero-order valence-electron chi connectivity index (χ0n) is 38.8. The van der Waals surface area contributed by atoms with Gasteiger partial charge in [0.2, 0.25) is 0 Å². The van der Waals surface area contributed by atoms with Crippen LogP contribution in [0.3, 0.4) is 0 Å². The third-order valence-corrected chi connectivity index (χ3v) is 15.2. The Labute approximate surface area is 405 Å². The van der Waals surface area contributed by atoms with Crippen LogP contribution in [0.1, 0.15) is 47.2 Å². The molecule has 11 aromatic rings. The summed E-state index contributed by atoms with van der Waals surface area (Å²) in [6.45, 7) is 4.74. The number of nitrogens with zero attached hydrogens (tertiary/aromatic N) is 1. The number of benzene rings is 11. The molecule has 0 amide bonds. The molecular formula is C68H49N. The third-order valence-electron chi connectivity index (χ3n) is 15.2. The lowest BCUT2D eigenvalue weighted by Gasteiger charge is -2.35. The largest absolute Gasteiger partial charge is 0.310 e. The van der Waals surface area contributed by atoms with Crippen molar-refractivity contribution in [3.05, 3.63) is 294 Å². The molecule has 0 bridgehead atoms. The molecule has 0 fully saturated rings. The molecule has 0 aromatic heterocycles. The lowest BCUT2D eigenvalue weighted by Crippen LogP contribution is -2.28. The van der Waals surface area contributed by atoms with Crippen molar-refractivity contribution in [2.75, 3.05) is 4.90 Å². The molecule has 0 unspecified atom stereocenters. The van der Waals surface area contributed by atoms with Crippen molar-refractivity contribution < 1.29 is 0 Å². The molecule has 2 aliphatic carbocycles. The maximum atomic E-state index is 2.47. The molecule has 1 nitrogen and oxygen atoms in total. The predicted molar refractivity (Wildman–Crippen MR) is 290 cm³/mol. The molecule has 0 heterocycles. The molecule has 69 heavy (non-hydrogen) atoms. The van der Waals surface area contributed by atoms with E-state index in [0.717, 1.165) is 17.1 Å². The standard InChI is InChI=1S/C68H49N/c1-67(2)60-33-17-15-31-58(60)66-59(32-20-35-62(66)67)65-54-29-13-12-23-47(54)39-43-55(65)48-37-40-51(41-38-48)69(64-36-19-16-28-53(64)46-21-6-3-7-22-46)52-42-44-57-56-30-14-18-34-61(56)68(63(57)45-52,49-24-8-4-9-25-49)50-26-10-5-11-27-50/h3-45H,1-2H3. The maximum absolute atomic E-state index is 2.47. The van der Waals surface area contributed by atoms with Crippen LogP contribution >= 0.6 is 0 Å². The van der Waals surface area contributed by atoms with Crippen LogP contribution in [0.2, 0.25) is 0 Å². The maximum Gasteiger partial charge on any atom is 0.0714 e. The second-order valence-electron chi connectivity index (χ2n) is 19.1. The summed E-state index contributed by atoms with van der Waals surface area (Å²) >= 11 is 0. The second-order valence-corrected chi connectivity index (χ2v) is 19.1. The minimum Gasteiger partial charge on any atom is -0.310 e. The second kappa shape index (κ2) is 16.1. The van der Waals surface area contributed by atoms with Gasteiger partial charge in [0.05, 0.1) is 11.1 Å². The van der Waals surface area contributed by atoms with Gasteiger partial charge in [-0.15, -0.1) is 0 Å². The van der Waals surface area contributed by atoms with Crippen LogP contribution in [0.15, 0.2) is 261 Å². The third kappa shape index (κ3) is 6.24. The summed E-state index contributed by atoms with van der Waals surface area (Å²) in [6.07, 6.45) is 0. The Bertz CT molecular complexity index is 3700. The van der Waals surface area contributed by atoms with Crippen molar-refractivity contribution in [1.29, 1.82) is 0 Å². The van der Waals surface area contributed by atoms with Gasteiger partial charge < -0.3 is 4.90 Å². The van der Waals surface area contributed by atoms with Crippen LogP contribution in [-0.4, -0.2) is 0 Å². The Morgan fingerprint density at radius 3 is 1.57 bits per heavy atom. The summed E-state index contributed by atoms with van der Waals surface area (Å²) in [6, 6.07) is 96.8. The van der Waals surface area contributed by atoms with E-state index in [4.69, 9.17) is 0 Å². The van der Waals surface area contributed by atoms with E-state index in [9.17, 15) is 0 Å². The summed E-state index contributed by atoms with van der Waals surface area (Å²) in [4.78, 5) is 2.47. The van der Waals surface area contributed by atoms with Crippen LogP contribution in [0.25, 0.3) is 66.4 Å². The summed E-state index contributed by atoms with van der Waals surface area (Å²) in [5.41, 5.74) is 23.0. The summed E-state index contributed by atoms with van der Waals surface area (Å²) in [7, 11) is 0. The van der Waals surface area contributed by atoms with E-state index in [1.165, 1.54) is 99.8 Å². The monoisotopic (exact) mass is 879 g/mol. The number of hydrogen-bond acceptors (Lipinski definition) is 1. The molecule has 0 radical (unpaired) electrons. The smallest absolute Gasteiger partial charge is 0.0714 e. The van der Waals surface area contributed by atoms with Crippen LogP contribution in [-0.2, 0) is 10.8 Å². The van der Waals surface area contributed by atoms with Gasteiger partial charge in [0.25, 0.3) is 0 Å². The first kappa shape index (κ1) is 40.7. The van der Waals surface area contributed by atoms with Gasteiger partial charge in [-0.2, -0.15) is 0 Å². The van der Waals surface area contributed by atoms with Crippen LogP contribution in [0.5, 0.6) is 0 Å². The SMILES string of the molecule is CC1(C)c2ccccc2-c2c(-c3c(-c4ccc(N(c5ccc6c(c5)C(c5ccccc5)(c5ccccc5)c5ccccc5-6)c5ccccc5-c5ccccc5)cc4)ccc4ccccc34)cccc21. The minimum absolute atomic E-state index is 0.101. The molecule has 1 heteroatoms. The van der Waals surface area contributed by atoms with E-state index in [1.54, 1.807) is 0 Å². The molecule has 13 rings (SSSR count). The molecule has 0 atom stereocenters. The Hall–Kier alpha value is -8.52. The molecular weight excluding hydrogens is 831 g/mol. The van der Waals surface area contributed by atoms with Crippen LogP contribution in [0, 0.1) is 0 Å². The summed E-state index contributed by atoms with van der Waals surface area (Å²) in [5, 5.41) is 2.49. The van der Waals surface area contributed by atoms with Crippen molar-refractivity contribution in [3.63, 3.8) is 0 Å². The van der Waals surface area contributed by atoms with Gasteiger partial charge in [0.1, 0.15) is 0 Å². The van der Waals surface area contributed by atoms with E-state index >= 15 is 0 Å². The average Bonchev–Trinajstić information content (AvgIpc) is 3.85. The van der Waals surface area contributed by atoms with Crippen molar-refractivity contribution in [1.82, 2.24) is 0 Å². The van der Waals surface area contributed by atoms with Gasteiger partial charge in [-0.25, -0.2) is 0 Å². The first-order valence-corrected chi connectivity index (χ1v) is 24.2. The first-order chi connectivity index (χ1) is 34.0. The zero-order valence-corrected chi connectivity index (χ0v) is 38.8. The molecule has 0 spiro atoms. The van der Waals surface area contributed by atoms with Crippen molar-refractivity contribution in [3.8, 4) is 55.6 Å². The molecule has 0 N–H and O–H groups in total. The number of fused-ring (bicyclic) bond motifs is 7. The van der Waals surface area contributed by atoms with Crippen LogP contribution < -0.4 is 4.90 Å². The molecule has 326 valence electrons. The fourth-order valence-electron chi connectivity index (χ4n) is 12.1. The number of rotatable bonds is 8. The molecule has 0 saturated heterocycles. The number of para-hydroxylation sites is 1. The van der Waals surface area contributed by atoms with Gasteiger partial charge in [-0.3, -0.25) is 0 Å². The zero-order chi connectivity index (χ0) is 46.1. The molecule has 0 saturated carbocycles. The quantitative estimate of drug-likeness (QED) is 0.147. The molecule has 0 aliphatic heterocycles. The van der Waals surface area contributed by atoms with Gasteiger partial charge in [-0.05, 0) is 125 Å². The normalized spacial score (nSPS) is 13.6. The van der Waals surface area contributed by atoms with Gasteiger partial charge in [0, 0.05) is 22.4 Å². The van der Waals surface area contributed by atoms with Gasteiger partial charge >= 0.3 is 0 Å². The Morgan fingerprint density at radius 1 is 0.304 bits per heavy atom. The highest BCUT2D eigenvalue weighted by Gasteiger charge is 2.46. The van der Waals surface area contributed by atoms with Crippen molar-refractivity contribution >= 4 is 27.8 Å². The Kier molecular flexibility index (Phi) is 9.49. The number of anilines is 3. The van der Waals surface area contributed by atoms with Crippen molar-refractivity contribution in [2.45, 2.75) is 24.7 Å². The first-order valence-electron chi connectivity index (χ1n) is 24.2. The van der Waals surface area contributed by atoms with Crippen molar-refractivity contribution in [2.24, 2.45) is 0 Å². The summed E-state index contributed by atoms with van der Waals surface area (Å²) < 4.78 is 0. The highest BCUT2D eigenvalue weighted by molar-refractivity contribution is 6.09. The van der Waals surface area contributed by atoms with E-state index in [1.807, 2.05) is 0 Å². The Morgan fingerprint density at radius 2 is 0.826 bits per heavy atom. The van der Waals surface area contributed by atoms with Gasteiger partial charge in [0.15, 0.2) is 0 Å². The van der Waals surface area contributed by atoms with E-state index in [-0.39, 0.29) is 5.41 Å². The fourth-order valence-corrected chi connectivity index (χ4v) is 12.1. The number of hydrogen-bond donors (Lipinski definition) is 0. The topological polar surface area (TPSA) is 3.24 Å². The highest BCUT2D eigenvalue weighted by atomic mass is 15.1. The van der Waals surface area contributed by atoms with E-state index in [0.29, 0.717) is 0 Å². The molecule has 11 aromatic carbocycles. The lowest BCUT2D eigenvalue weighted by molar-refractivity contribution is 0.660. The average molecular weight is 880 g/mol. The fraction of sp³-hybridized carbons (Fsp3) is 0.0588.